The summed E-state index contributed by atoms with van der Waals surface area (Å²) in [6, 6.07) is 9.22. The molecule has 0 aliphatic heterocycles. The van der Waals surface area contributed by atoms with Gasteiger partial charge in [0.25, 0.3) is 10.0 Å². The van der Waals surface area contributed by atoms with Crippen LogP contribution in [0.3, 0.4) is 0 Å². The van der Waals surface area contributed by atoms with Gasteiger partial charge in [0.2, 0.25) is 10.0 Å². The Bertz CT molecular complexity index is 1050. The number of hydrogen-bond donors (Lipinski definition) is 3. The highest BCUT2D eigenvalue weighted by Gasteiger charge is 2.17. The third-order valence-corrected chi connectivity index (χ3v) is 6.30. The lowest BCUT2D eigenvalue weighted by atomic mass is 10.2. The van der Waals surface area contributed by atoms with Crippen LogP contribution in [0.2, 0.25) is 0 Å². The van der Waals surface area contributed by atoms with Crippen LogP contribution in [-0.4, -0.2) is 41.6 Å². The van der Waals surface area contributed by atoms with Crippen LogP contribution in [0.5, 0.6) is 5.75 Å². The normalized spacial score (nSPS) is 11.8. The lowest BCUT2D eigenvalue weighted by Crippen LogP contribution is -2.18. The number of carbonyl (C=O) groups is 1. The number of hydrogen-bond acceptors (Lipinski definition) is 6. The van der Waals surface area contributed by atoms with Crippen molar-refractivity contribution in [3.05, 3.63) is 48.0 Å². The van der Waals surface area contributed by atoms with Crippen molar-refractivity contribution in [2.24, 2.45) is 0 Å². The summed E-state index contributed by atoms with van der Waals surface area (Å²) in [7, 11) is -6.26. The van der Waals surface area contributed by atoms with Crippen LogP contribution in [0.15, 0.2) is 52.3 Å². The molecule has 0 atom stereocenters. The maximum atomic E-state index is 12.5. The van der Waals surface area contributed by atoms with E-state index in [1.807, 2.05) is 0 Å². The van der Waals surface area contributed by atoms with E-state index in [4.69, 9.17) is 9.84 Å². The van der Waals surface area contributed by atoms with Crippen LogP contribution < -0.4 is 14.2 Å². The van der Waals surface area contributed by atoms with Crippen molar-refractivity contribution in [3.63, 3.8) is 0 Å². The number of sulfonamides is 2. The molecule has 0 aliphatic carbocycles. The molecule has 0 saturated carbocycles. The molecule has 0 radical (unpaired) electrons. The van der Waals surface area contributed by atoms with E-state index in [1.54, 1.807) is 6.92 Å². The molecular weight excluding hydrogens is 396 g/mol. The molecule has 11 heteroatoms. The molecule has 0 fully saturated rings. The lowest BCUT2D eigenvalue weighted by molar-refractivity contribution is -0.139. The quantitative estimate of drug-likeness (QED) is 0.589. The van der Waals surface area contributed by atoms with Gasteiger partial charge in [0, 0.05) is 5.69 Å². The van der Waals surface area contributed by atoms with Gasteiger partial charge in [-0.15, -0.1) is 0 Å². The third kappa shape index (κ3) is 5.18. The Morgan fingerprint density at radius 1 is 1.00 bits per heavy atom. The smallest absolute Gasteiger partial charge is 0.341 e. The van der Waals surface area contributed by atoms with Gasteiger partial charge in [0.15, 0.2) is 6.61 Å². The second-order valence-corrected chi connectivity index (χ2v) is 9.02. The summed E-state index contributed by atoms with van der Waals surface area (Å²) in [6.45, 7) is 1.06. The Morgan fingerprint density at radius 3 is 2.11 bits per heavy atom. The van der Waals surface area contributed by atoms with E-state index < -0.39 is 32.6 Å². The van der Waals surface area contributed by atoms with Crippen LogP contribution in [-0.2, 0) is 24.8 Å². The Labute approximate surface area is 157 Å². The summed E-state index contributed by atoms with van der Waals surface area (Å²) in [4.78, 5) is 10.5. The Hall–Kier alpha value is -2.63. The second-order valence-electron chi connectivity index (χ2n) is 5.45. The first kappa shape index (κ1) is 20.7. The molecule has 9 nitrogen and oxygen atoms in total. The SMILES string of the molecule is CNS(=O)(=O)c1ccc(NS(=O)(=O)c2ccc(OCC(=O)O)c(C)c2)cc1. The molecule has 2 aromatic rings. The van der Waals surface area contributed by atoms with Crippen LogP contribution in [0.1, 0.15) is 5.56 Å². The summed E-state index contributed by atoms with van der Waals surface area (Å²) in [6.07, 6.45) is 0. The summed E-state index contributed by atoms with van der Waals surface area (Å²) >= 11 is 0. The van der Waals surface area contributed by atoms with Gasteiger partial charge in [-0.25, -0.2) is 26.4 Å². The lowest BCUT2D eigenvalue weighted by Gasteiger charge is -2.12. The molecule has 0 amide bonds. The molecule has 2 aromatic carbocycles. The minimum Gasteiger partial charge on any atom is -0.482 e. The monoisotopic (exact) mass is 414 g/mol. The summed E-state index contributed by atoms with van der Waals surface area (Å²) in [5, 5.41) is 8.63. The number of carboxylic acid groups (broad SMARTS) is 1. The highest BCUT2D eigenvalue weighted by molar-refractivity contribution is 7.92. The van der Waals surface area contributed by atoms with E-state index in [1.165, 1.54) is 49.5 Å². The first-order valence-electron chi connectivity index (χ1n) is 7.57. The minimum atomic E-state index is -3.92. The van der Waals surface area contributed by atoms with Crippen LogP contribution in [0.25, 0.3) is 0 Å². The van der Waals surface area contributed by atoms with Crippen molar-refractivity contribution in [2.75, 3.05) is 18.4 Å². The number of carboxylic acids is 1. The van der Waals surface area contributed by atoms with E-state index in [-0.39, 0.29) is 21.2 Å². The zero-order valence-electron chi connectivity index (χ0n) is 14.5. The minimum absolute atomic E-state index is 0.00345. The largest absolute Gasteiger partial charge is 0.482 e. The Morgan fingerprint density at radius 2 is 1.59 bits per heavy atom. The summed E-state index contributed by atoms with van der Waals surface area (Å²) in [5.41, 5.74) is 0.642. The van der Waals surface area contributed by atoms with Crippen molar-refractivity contribution in [3.8, 4) is 5.75 Å². The van der Waals surface area contributed by atoms with Gasteiger partial charge in [0.05, 0.1) is 9.79 Å². The fourth-order valence-corrected chi connectivity index (χ4v) is 4.00. The molecule has 0 heterocycles. The number of anilines is 1. The van der Waals surface area contributed by atoms with Crippen molar-refractivity contribution in [1.29, 1.82) is 0 Å². The number of ether oxygens (including phenoxy) is 1. The van der Waals surface area contributed by atoms with Crippen LogP contribution >= 0.6 is 0 Å². The fraction of sp³-hybridized carbons (Fsp3) is 0.188. The average molecular weight is 414 g/mol. The fourth-order valence-electron chi connectivity index (χ4n) is 2.12. The molecule has 0 bridgehead atoms. The molecular formula is C16H18N2O7S2. The van der Waals surface area contributed by atoms with Crippen LogP contribution in [0.4, 0.5) is 5.69 Å². The second kappa shape index (κ2) is 7.94. The topological polar surface area (TPSA) is 139 Å². The summed E-state index contributed by atoms with van der Waals surface area (Å²) < 4.78 is 57.9. The molecule has 0 unspecified atom stereocenters. The van der Waals surface area contributed by atoms with Gasteiger partial charge in [-0.2, -0.15) is 0 Å². The van der Waals surface area contributed by atoms with Gasteiger partial charge < -0.3 is 9.84 Å². The highest BCUT2D eigenvalue weighted by atomic mass is 32.2. The first-order chi connectivity index (χ1) is 12.5. The molecule has 0 spiro atoms. The number of aliphatic carboxylic acids is 1. The van der Waals surface area contributed by atoms with Gasteiger partial charge in [-0.3, -0.25) is 4.72 Å². The van der Waals surface area contributed by atoms with E-state index in [0.29, 0.717) is 5.56 Å². The zero-order valence-corrected chi connectivity index (χ0v) is 16.1. The average Bonchev–Trinajstić information content (AvgIpc) is 2.60. The van der Waals surface area contributed by atoms with Gasteiger partial charge in [-0.05, 0) is 62.0 Å². The van der Waals surface area contributed by atoms with Gasteiger partial charge in [-0.1, -0.05) is 0 Å². The molecule has 3 N–H and O–H groups in total. The number of nitrogens with one attached hydrogen (secondary N) is 2. The highest BCUT2D eigenvalue weighted by Crippen LogP contribution is 2.24. The predicted molar refractivity (Wildman–Crippen MR) is 97.8 cm³/mol. The molecule has 0 aromatic heterocycles. The van der Waals surface area contributed by atoms with E-state index >= 15 is 0 Å². The van der Waals surface area contributed by atoms with Crippen molar-refractivity contribution in [2.45, 2.75) is 16.7 Å². The van der Waals surface area contributed by atoms with Crippen molar-refractivity contribution >= 4 is 31.7 Å². The summed E-state index contributed by atoms with van der Waals surface area (Å²) in [5.74, 6) is -0.880. The van der Waals surface area contributed by atoms with E-state index in [2.05, 4.69) is 9.44 Å². The standard InChI is InChI=1S/C16H18N2O7S2/c1-11-9-14(7-8-15(11)25-10-16(19)20)27(23,24)18-12-3-5-13(6-4-12)26(21,22)17-2/h3-9,17-18H,10H2,1-2H3,(H,19,20). The first-order valence-corrected chi connectivity index (χ1v) is 10.5. The molecule has 2 rings (SSSR count). The maximum absolute atomic E-state index is 12.5. The van der Waals surface area contributed by atoms with Crippen molar-refractivity contribution in [1.82, 2.24) is 4.72 Å². The predicted octanol–water partition coefficient (Wildman–Crippen LogP) is 1.17. The Balaban J connectivity index is 2.21. The van der Waals surface area contributed by atoms with E-state index in [0.717, 1.165) is 0 Å². The zero-order chi connectivity index (χ0) is 20.2. The number of rotatable bonds is 8. The number of benzene rings is 2. The van der Waals surface area contributed by atoms with Crippen molar-refractivity contribution < 1.29 is 31.5 Å². The molecule has 0 aliphatic rings. The third-order valence-electron chi connectivity index (χ3n) is 3.49. The van der Waals surface area contributed by atoms with Gasteiger partial charge in [0.1, 0.15) is 5.75 Å². The van der Waals surface area contributed by atoms with E-state index in [9.17, 15) is 21.6 Å². The molecule has 27 heavy (non-hydrogen) atoms. The molecule has 0 saturated heterocycles. The number of aryl methyl sites for hydroxylation is 1. The molecule has 146 valence electrons. The van der Waals surface area contributed by atoms with Crippen LogP contribution in [0, 0.1) is 6.92 Å². The Kier molecular flexibility index (Phi) is 6.08. The maximum Gasteiger partial charge on any atom is 0.341 e. The van der Waals surface area contributed by atoms with Gasteiger partial charge >= 0.3 is 5.97 Å².